The molecular formula is C25H16FN7O. The van der Waals surface area contributed by atoms with Gasteiger partial charge >= 0.3 is 0 Å². The van der Waals surface area contributed by atoms with Gasteiger partial charge < -0.3 is 5.32 Å². The SMILES string of the molecule is N#Cc1ccc(Cn2nccc2-c2cc(F)c3nnn(-c4ccc5c(c4)NC(=O)C5)c3c2)cc1. The Balaban J connectivity index is 1.41. The van der Waals surface area contributed by atoms with Crippen molar-refractivity contribution in [2.45, 2.75) is 13.0 Å². The van der Waals surface area contributed by atoms with Gasteiger partial charge in [-0.3, -0.25) is 9.48 Å². The summed E-state index contributed by atoms with van der Waals surface area (Å²) in [6.45, 7) is 0.468. The van der Waals surface area contributed by atoms with Crippen LogP contribution in [0.25, 0.3) is 28.0 Å². The number of nitrogens with zero attached hydrogens (tertiary/aromatic N) is 6. The van der Waals surface area contributed by atoms with E-state index in [2.05, 4.69) is 26.8 Å². The van der Waals surface area contributed by atoms with Crippen LogP contribution in [0.4, 0.5) is 10.1 Å². The molecule has 0 aliphatic carbocycles. The third-order valence-electron chi connectivity index (χ3n) is 5.90. The van der Waals surface area contributed by atoms with Crippen molar-refractivity contribution in [1.82, 2.24) is 24.8 Å². The Morgan fingerprint density at radius 1 is 1.09 bits per heavy atom. The highest BCUT2D eigenvalue weighted by Gasteiger charge is 2.20. The largest absolute Gasteiger partial charge is 0.325 e. The second-order valence-corrected chi connectivity index (χ2v) is 8.08. The number of nitriles is 1. The summed E-state index contributed by atoms with van der Waals surface area (Å²) in [4.78, 5) is 11.7. The minimum atomic E-state index is -0.487. The van der Waals surface area contributed by atoms with Crippen molar-refractivity contribution >= 4 is 22.6 Å². The lowest BCUT2D eigenvalue weighted by Crippen LogP contribution is -2.04. The summed E-state index contributed by atoms with van der Waals surface area (Å²) in [5, 5.41) is 24.4. The van der Waals surface area contributed by atoms with Gasteiger partial charge in [-0.1, -0.05) is 23.4 Å². The Labute approximate surface area is 192 Å². The van der Waals surface area contributed by atoms with Gasteiger partial charge in [0.05, 0.1) is 41.5 Å². The highest BCUT2D eigenvalue weighted by Crippen LogP contribution is 2.30. The van der Waals surface area contributed by atoms with E-state index >= 15 is 4.39 Å². The topological polar surface area (TPSA) is 101 Å². The first-order chi connectivity index (χ1) is 16.6. The molecule has 8 nitrogen and oxygen atoms in total. The van der Waals surface area contributed by atoms with E-state index in [1.807, 2.05) is 42.5 Å². The number of hydrogen-bond acceptors (Lipinski definition) is 5. The van der Waals surface area contributed by atoms with Crippen molar-refractivity contribution in [3.05, 3.63) is 89.4 Å². The van der Waals surface area contributed by atoms with Gasteiger partial charge in [-0.2, -0.15) is 10.4 Å². The Hall–Kier alpha value is -4.84. The van der Waals surface area contributed by atoms with E-state index in [0.717, 1.165) is 22.5 Å². The van der Waals surface area contributed by atoms with Crippen LogP contribution in [0.3, 0.4) is 0 Å². The Morgan fingerprint density at radius 3 is 2.76 bits per heavy atom. The number of hydrogen-bond donors (Lipinski definition) is 1. The zero-order chi connectivity index (χ0) is 23.2. The number of carbonyl (C=O) groups is 1. The maximum atomic E-state index is 15.0. The van der Waals surface area contributed by atoms with Crippen LogP contribution in [-0.4, -0.2) is 30.7 Å². The molecule has 3 heterocycles. The molecule has 1 N–H and O–H groups in total. The van der Waals surface area contributed by atoms with Gasteiger partial charge in [0.15, 0.2) is 5.82 Å². The first kappa shape index (κ1) is 19.8. The third kappa shape index (κ3) is 3.29. The maximum absolute atomic E-state index is 15.0. The van der Waals surface area contributed by atoms with Crippen LogP contribution >= 0.6 is 0 Å². The summed E-state index contributed by atoms with van der Waals surface area (Å²) >= 11 is 0. The molecule has 34 heavy (non-hydrogen) atoms. The van der Waals surface area contributed by atoms with E-state index in [0.29, 0.717) is 35.3 Å². The quantitative estimate of drug-likeness (QED) is 0.449. The molecule has 0 fully saturated rings. The van der Waals surface area contributed by atoms with Crippen molar-refractivity contribution in [2.75, 3.05) is 5.32 Å². The van der Waals surface area contributed by atoms with Gasteiger partial charge in [0.2, 0.25) is 5.91 Å². The Bertz CT molecular complexity index is 1630. The molecule has 5 aromatic rings. The van der Waals surface area contributed by atoms with Gasteiger partial charge in [0.1, 0.15) is 5.52 Å². The number of carbonyl (C=O) groups excluding carboxylic acids is 1. The summed E-state index contributed by atoms with van der Waals surface area (Å²) in [6, 6.07) is 20.0. The van der Waals surface area contributed by atoms with Crippen LogP contribution in [0.1, 0.15) is 16.7 Å². The standard InChI is InChI=1S/C25H16FN7O/c26-20-9-18(22-7-8-28-32(22)14-16-3-1-15(13-27)2-4-16)10-23-25(20)30-31-33(23)19-6-5-17-11-24(34)29-21(17)12-19/h1-10,12H,11,14H2,(H,29,34). The molecule has 0 bridgehead atoms. The fraction of sp³-hybridized carbons (Fsp3) is 0.0800. The maximum Gasteiger partial charge on any atom is 0.228 e. The molecule has 1 aliphatic heterocycles. The lowest BCUT2D eigenvalue weighted by Gasteiger charge is -2.10. The monoisotopic (exact) mass is 449 g/mol. The highest BCUT2D eigenvalue weighted by molar-refractivity contribution is 5.99. The van der Waals surface area contributed by atoms with Crippen molar-refractivity contribution in [1.29, 1.82) is 5.26 Å². The minimum absolute atomic E-state index is 0.0561. The molecule has 6 rings (SSSR count). The average molecular weight is 449 g/mol. The summed E-state index contributed by atoms with van der Waals surface area (Å²) in [5.74, 6) is -0.543. The molecule has 0 atom stereocenters. The number of rotatable bonds is 4. The predicted octanol–water partition coefficient (Wildman–Crippen LogP) is 3.84. The normalized spacial score (nSPS) is 12.5. The zero-order valence-corrected chi connectivity index (χ0v) is 17.7. The molecule has 0 radical (unpaired) electrons. The number of halogens is 1. The fourth-order valence-electron chi connectivity index (χ4n) is 4.22. The van der Waals surface area contributed by atoms with E-state index in [1.54, 1.807) is 27.7 Å². The Morgan fingerprint density at radius 2 is 1.94 bits per heavy atom. The Kier molecular flexibility index (Phi) is 4.45. The van der Waals surface area contributed by atoms with Gasteiger partial charge in [0, 0.05) is 17.4 Å². The molecule has 0 saturated carbocycles. The van der Waals surface area contributed by atoms with Gasteiger partial charge in [-0.05, 0) is 53.6 Å². The van der Waals surface area contributed by atoms with Crippen LogP contribution in [0.15, 0.2) is 66.9 Å². The third-order valence-corrected chi connectivity index (χ3v) is 5.90. The molecular weight excluding hydrogens is 433 g/mol. The molecule has 9 heteroatoms. The lowest BCUT2D eigenvalue weighted by atomic mass is 10.1. The second kappa shape index (κ2) is 7.64. The molecule has 0 saturated heterocycles. The molecule has 1 amide bonds. The molecule has 0 unspecified atom stereocenters. The first-order valence-electron chi connectivity index (χ1n) is 10.6. The number of nitrogens with one attached hydrogen (secondary N) is 1. The van der Waals surface area contributed by atoms with Gasteiger partial charge in [-0.15, -0.1) is 5.10 Å². The van der Waals surface area contributed by atoms with Crippen LogP contribution in [0.2, 0.25) is 0 Å². The minimum Gasteiger partial charge on any atom is -0.325 e. The zero-order valence-electron chi connectivity index (χ0n) is 17.7. The molecule has 164 valence electrons. The second-order valence-electron chi connectivity index (χ2n) is 8.08. The predicted molar refractivity (Wildman–Crippen MR) is 123 cm³/mol. The summed E-state index contributed by atoms with van der Waals surface area (Å²) in [7, 11) is 0. The van der Waals surface area contributed by atoms with Crippen LogP contribution in [0.5, 0.6) is 0 Å². The van der Waals surface area contributed by atoms with E-state index < -0.39 is 5.82 Å². The van der Waals surface area contributed by atoms with Crippen LogP contribution in [-0.2, 0) is 17.8 Å². The smallest absolute Gasteiger partial charge is 0.228 e. The molecule has 2 aromatic heterocycles. The van der Waals surface area contributed by atoms with Gasteiger partial charge in [0.25, 0.3) is 0 Å². The van der Waals surface area contributed by atoms with E-state index in [-0.39, 0.29) is 11.4 Å². The number of aromatic nitrogens is 5. The van der Waals surface area contributed by atoms with Crippen LogP contribution < -0.4 is 5.32 Å². The number of benzene rings is 3. The van der Waals surface area contributed by atoms with Crippen molar-refractivity contribution in [3.63, 3.8) is 0 Å². The molecule has 1 aliphatic rings. The summed E-state index contributed by atoms with van der Waals surface area (Å²) in [5.41, 5.74) is 5.90. The number of amides is 1. The fourth-order valence-corrected chi connectivity index (χ4v) is 4.22. The highest BCUT2D eigenvalue weighted by atomic mass is 19.1. The van der Waals surface area contributed by atoms with Crippen molar-refractivity contribution in [2.24, 2.45) is 0 Å². The van der Waals surface area contributed by atoms with Crippen LogP contribution in [0, 0.1) is 17.1 Å². The van der Waals surface area contributed by atoms with Crippen molar-refractivity contribution < 1.29 is 9.18 Å². The first-order valence-corrected chi connectivity index (χ1v) is 10.6. The number of anilines is 1. The van der Waals surface area contributed by atoms with Gasteiger partial charge in [-0.25, -0.2) is 9.07 Å². The summed E-state index contributed by atoms with van der Waals surface area (Å²) < 4.78 is 18.4. The summed E-state index contributed by atoms with van der Waals surface area (Å²) in [6.07, 6.45) is 2.01. The molecule has 3 aromatic carbocycles. The average Bonchev–Trinajstić information content (AvgIpc) is 3.56. The number of fused-ring (bicyclic) bond motifs is 2. The molecule has 0 spiro atoms. The van der Waals surface area contributed by atoms with Crippen molar-refractivity contribution in [3.8, 4) is 23.0 Å². The lowest BCUT2D eigenvalue weighted by molar-refractivity contribution is -0.115. The van der Waals surface area contributed by atoms with E-state index in [1.165, 1.54) is 6.07 Å². The van der Waals surface area contributed by atoms with E-state index in [9.17, 15) is 4.79 Å². The van der Waals surface area contributed by atoms with E-state index in [4.69, 9.17) is 5.26 Å².